The lowest BCUT2D eigenvalue weighted by molar-refractivity contribution is -0.152. The quantitative estimate of drug-likeness (QED) is 0.787. The molecule has 5 heteroatoms. The monoisotopic (exact) mass is 298 g/mol. The number of nitrogens with zero attached hydrogens (tertiary/aromatic N) is 1. The third-order valence-electron chi connectivity index (χ3n) is 5.32. The highest BCUT2D eigenvalue weighted by molar-refractivity contribution is 7.80. The summed E-state index contributed by atoms with van der Waals surface area (Å²) in [4.78, 5) is 3.35. The molecular weight excluding hydrogens is 272 g/mol. The van der Waals surface area contributed by atoms with Gasteiger partial charge in [-0.3, -0.25) is 0 Å². The van der Waals surface area contributed by atoms with Gasteiger partial charge in [-0.15, -0.1) is 0 Å². The first-order valence-electron chi connectivity index (χ1n) is 7.94. The van der Waals surface area contributed by atoms with Crippen molar-refractivity contribution in [2.24, 2.45) is 11.7 Å². The summed E-state index contributed by atoms with van der Waals surface area (Å²) in [5.74, 6) is 0.457. The van der Waals surface area contributed by atoms with Crippen molar-refractivity contribution in [2.45, 2.75) is 50.2 Å². The summed E-state index contributed by atoms with van der Waals surface area (Å²) in [6, 6.07) is 0.675. The molecule has 3 aliphatic rings. The molecule has 3 fully saturated rings. The zero-order chi connectivity index (χ0) is 14.0. The molecule has 0 amide bonds. The summed E-state index contributed by atoms with van der Waals surface area (Å²) in [6.45, 7) is 4.89. The van der Waals surface area contributed by atoms with Crippen molar-refractivity contribution in [2.75, 3.05) is 32.9 Å². The van der Waals surface area contributed by atoms with Crippen LogP contribution in [0.5, 0.6) is 0 Å². The zero-order valence-corrected chi connectivity index (χ0v) is 13.0. The van der Waals surface area contributed by atoms with Crippen molar-refractivity contribution in [1.29, 1.82) is 0 Å². The Morgan fingerprint density at radius 2 is 1.80 bits per heavy atom. The van der Waals surface area contributed by atoms with Gasteiger partial charge in [0, 0.05) is 31.8 Å². The second-order valence-electron chi connectivity index (χ2n) is 6.50. The SMILES string of the molecule is NC(=S)C1CCN(C2CCOC3(CCOCC3)C2)CC1. The summed E-state index contributed by atoms with van der Waals surface area (Å²) < 4.78 is 11.6. The van der Waals surface area contributed by atoms with Crippen molar-refractivity contribution in [3.05, 3.63) is 0 Å². The first-order chi connectivity index (χ1) is 9.69. The maximum absolute atomic E-state index is 6.14. The van der Waals surface area contributed by atoms with Crippen molar-refractivity contribution < 1.29 is 9.47 Å². The number of likely N-dealkylation sites (tertiary alicyclic amines) is 1. The van der Waals surface area contributed by atoms with Gasteiger partial charge in [-0.2, -0.15) is 0 Å². The van der Waals surface area contributed by atoms with Gasteiger partial charge >= 0.3 is 0 Å². The van der Waals surface area contributed by atoms with Crippen LogP contribution in [-0.2, 0) is 9.47 Å². The van der Waals surface area contributed by atoms with Gasteiger partial charge in [0.15, 0.2) is 0 Å². The first-order valence-corrected chi connectivity index (χ1v) is 8.34. The molecule has 0 aromatic rings. The van der Waals surface area contributed by atoms with Gasteiger partial charge in [-0.25, -0.2) is 0 Å². The lowest BCUT2D eigenvalue weighted by atomic mass is 9.82. The van der Waals surface area contributed by atoms with Gasteiger partial charge in [-0.05, 0) is 51.6 Å². The summed E-state index contributed by atoms with van der Waals surface area (Å²) >= 11 is 5.13. The Morgan fingerprint density at radius 1 is 1.10 bits per heavy atom. The summed E-state index contributed by atoms with van der Waals surface area (Å²) in [6.07, 6.45) is 6.72. The van der Waals surface area contributed by atoms with Crippen LogP contribution in [0.25, 0.3) is 0 Å². The fourth-order valence-corrected chi connectivity index (χ4v) is 4.19. The Kier molecular flexibility index (Phi) is 4.60. The second kappa shape index (κ2) is 6.26. The highest BCUT2D eigenvalue weighted by Crippen LogP contribution is 2.37. The van der Waals surface area contributed by atoms with E-state index in [0.29, 0.717) is 16.9 Å². The molecule has 1 unspecified atom stereocenters. The molecule has 3 heterocycles. The molecule has 4 nitrogen and oxygen atoms in total. The molecule has 0 saturated carbocycles. The van der Waals surface area contributed by atoms with Crippen LogP contribution >= 0.6 is 12.2 Å². The molecule has 20 heavy (non-hydrogen) atoms. The standard InChI is InChI=1S/C15H26N2O2S/c16-14(20)12-1-6-17(7-2-12)13-3-8-19-15(11-13)4-9-18-10-5-15/h12-13H,1-11H2,(H2,16,20). The number of hydrogen-bond acceptors (Lipinski definition) is 4. The highest BCUT2D eigenvalue weighted by atomic mass is 32.1. The van der Waals surface area contributed by atoms with Gasteiger partial charge in [0.1, 0.15) is 0 Å². The molecule has 1 atom stereocenters. The zero-order valence-electron chi connectivity index (χ0n) is 12.2. The molecule has 3 aliphatic heterocycles. The largest absolute Gasteiger partial charge is 0.393 e. The third kappa shape index (κ3) is 3.16. The predicted molar refractivity (Wildman–Crippen MR) is 82.8 cm³/mol. The Balaban J connectivity index is 1.56. The maximum Gasteiger partial charge on any atom is 0.0759 e. The summed E-state index contributed by atoms with van der Waals surface area (Å²) in [5, 5.41) is 0. The van der Waals surface area contributed by atoms with E-state index >= 15 is 0 Å². The van der Waals surface area contributed by atoms with Crippen LogP contribution in [-0.4, -0.2) is 54.4 Å². The van der Waals surface area contributed by atoms with E-state index < -0.39 is 0 Å². The molecular formula is C15H26N2O2S. The molecule has 3 saturated heterocycles. The lowest BCUT2D eigenvalue weighted by Gasteiger charge is -2.47. The maximum atomic E-state index is 6.14. The minimum Gasteiger partial charge on any atom is -0.393 e. The Hall–Kier alpha value is -0.230. The van der Waals surface area contributed by atoms with Crippen LogP contribution < -0.4 is 5.73 Å². The highest BCUT2D eigenvalue weighted by Gasteiger charge is 2.41. The average Bonchev–Trinajstić information content (AvgIpc) is 2.48. The molecule has 114 valence electrons. The topological polar surface area (TPSA) is 47.7 Å². The van der Waals surface area contributed by atoms with Crippen LogP contribution in [0.1, 0.15) is 38.5 Å². The van der Waals surface area contributed by atoms with Crippen molar-refractivity contribution in [3.8, 4) is 0 Å². The number of nitrogens with two attached hydrogens (primary N) is 1. The van der Waals surface area contributed by atoms with Crippen LogP contribution in [0.15, 0.2) is 0 Å². The van der Waals surface area contributed by atoms with Crippen LogP contribution in [0.3, 0.4) is 0 Å². The van der Waals surface area contributed by atoms with Crippen LogP contribution in [0, 0.1) is 5.92 Å². The van der Waals surface area contributed by atoms with Gasteiger partial charge in [0.2, 0.25) is 0 Å². The van der Waals surface area contributed by atoms with Gasteiger partial charge in [0.25, 0.3) is 0 Å². The fraction of sp³-hybridized carbons (Fsp3) is 0.933. The van der Waals surface area contributed by atoms with E-state index in [2.05, 4.69) is 4.90 Å². The minimum absolute atomic E-state index is 0.0984. The molecule has 3 rings (SSSR count). The van der Waals surface area contributed by atoms with Gasteiger partial charge in [0.05, 0.1) is 10.6 Å². The van der Waals surface area contributed by atoms with Crippen molar-refractivity contribution in [1.82, 2.24) is 4.90 Å². The minimum atomic E-state index is 0.0984. The normalized spacial score (nSPS) is 32.3. The molecule has 0 aromatic heterocycles. The fourth-order valence-electron chi connectivity index (χ4n) is 3.95. The smallest absolute Gasteiger partial charge is 0.0759 e. The predicted octanol–water partition coefficient (Wildman–Crippen LogP) is 1.71. The van der Waals surface area contributed by atoms with E-state index in [1.807, 2.05) is 0 Å². The van der Waals surface area contributed by atoms with Crippen molar-refractivity contribution in [3.63, 3.8) is 0 Å². The molecule has 0 aromatic carbocycles. The molecule has 1 spiro atoms. The van der Waals surface area contributed by atoms with Gasteiger partial charge in [-0.1, -0.05) is 12.2 Å². The van der Waals surface area contributed by atoms with E-state index in [-0.39, 0.29) is 5.60 Å². The van der Waals surface area contributed by atoms with E-state index in [9.17, 15) is 0 Å². The van der Waals surface area contributed by atoms with E-state index in [1.165, 1.54) is 12.8 Å². The number of hydrogen-bond donors (Lipinski definition) is 1. The molecule has 0 radical (unpaired) electrons. The second-order valence-corrected chi connectivity index (χ2v) is 6.97. The third-order valence-corrected chi connectivity index (χ3v) is 5.65. The van der Waals surface area contributed by atoms with E-state index in [4.69, 9.17) is 27.4 Å². The van der Waals surface area contributed by atoms with E-state index in [0.717, 1.165) is 58.6 Å². The average molecular weight is 298 g/mol. The first kappa shape index (κ1) is 14.7. The molecule has 0 bridgehead atoms. The number of thiocarbonyl (C=S) groups is 1. The summed E-state index contributed by atoms with van der Waals surface area (Å²) in [7, 11) is 0. The van der Waals surface area contributed by atoms with Crippen LogP contribution in [0.4, 0.5) is 0 Å². The number of piperidine rings is 1. The van der Waals surface area contributed by atoms with Gasteiger partial charge < -0.3 is 20.1 Å². The molecule has 2 N–H and O–H groups in total. The van der Waals surface area contributed by atoms with Crippen molar-refractivity contribution >= 4 is 17.2 Å². The Morgan fingerprint density at radius 3 is 2.45 bits per heavy atom. The van der Waals surface area contributed by atoms with Crippen LogP contribution in [0.2, 0.25) is 0 Å². The van der Waals surface area contributed by atoms with E-state index in [1.54, 1.807) is 0 Å². The Labute approximate surface area is 127 Å². The number of rotatable bonds is 2. The Bertz CT molecular complexity index is 344. The number of ether oxygens (including phenoxy) is 2. The molecule has 0 aliphatic carbocycles. The lowest BCUT2D eigenvalue weighted by Crippen LogP contribution is -2.53. The summed E-state index contributed by atoms with van der Waals surface area (Å²) in [5.41, 5.74) is 5.88.